The lowest BCUT2D eigenvalue weighted by Crippen LogP contribution is -2.97. The maximum atomic E-state index is 4.46. The van der Waals surface area contributed by atoms with Gasteiger partial charge in [-0.05, 0) is 49.1 Å². The first-order chi connectivity index (χ1) is 8.81. The highest BCUT2D eigenvalue weighted by atomic mass is 15.0. The Bertz CT molecular complexity index is 391. The lowest BCUT2D eigenvalue weighted by atomic mass is 9.53. The predicted octanol–water partition coefficient (Wildman–Crippen LogP) is 2.11. The molecule has 1 aromatic rings. The van der Waals surface area contributed by atoms with Gasteiger partial charge in [-0.25, -0.2) is 0 Å². The Morgan fingerprint density at radius 3 is 2.28 bits per heavy atom. The molecule has 4 saturated carbocycles. The van der Waals surface area contributed by atoms with E-state index in [-0.39, 0.29) is 0 Å². The number of hydrogen-bond acceptors (Lipinski definition) is 1. The van der Waals surface area contributed by atoms with Crippen molar-refractivity contribution in [3.05, 3.63) is 30.1 Å². The molecule has 2 heteroatoms. The molecule has 4 aliphatic rings. The van der Waals surface area contributed by atoms with E-state index in [2.05, 4.69) is 22.4 Å². The highest BCUT2D eigenvalue weighted by molar-refractivity contribution is 5.04. The summed E-state index contributed by atoms with van der Waals surface area (Å²) in [5, 5.41) is 2.64. The van der Waals surface area contributed by atoms with Crippen LogP contribution in [0.15, 0.2) is 24.4 Å². The molecule has 1 aromatic heterocycles. The third-order valence-electron chi connectivity index (χ3n) is 5.56. The molecule has 0 aromatic carbocycles. The van der Waals surface area contributed by atoms with Crippen molar-refractivity contribution in [2.75, 3.05) is 0 Å². The first-order valence-electron chi connectivity index (χ1n) is 7.56. The van der Waals surface area contributed by atoms with E-state index in [1.807, 2.05) is 12.3 Å². The molecule has 4 bridgehead atoms. The van der Waals surface area contributed by atoms with E-state index < -0.39 is 0 Å². The lowest BCUT2D eigenvalue weighted by Gasteiger charge is -2.54. The average Bonchev–Trinajstić information content (AvgIpc) is 2.36. The summed E-state index contributed by atoms with van der Waals surface area (Å²) >= 11 is 0. The smallest absolute Gasteiger partial charge is 0.119 e. The van der Waals surface area contributed by atoms with Crippen molar-refractivity contribution >= 4 is 0 Å². The molecule has 0 atom stereocenters. The molecular weight excluding hydrogens is 220 g/mol. The zero-order chi connectivity index (χ0) is 12.0. The summed E-state index contributed by atoms with van der Waals surface area (Å²) in [5.74, 6) is 3.16. The number of nitrogens with zero attached hydrogens (tertiary/aromatic N) is 1. The fourth-order valence-corrected chi connectivity index (χ4v) is 5.27. The van der Waals surface area contributed by atoms with Crippen molar-refractivity contribution in [1.82, 2.24) is 4.98 Å². The second-order valence-electron chi connectivity index (χ2n) is 7.01. The summed E-state index contributed by atoms with van der Waals surface area (Å²) in [6.07, 6.45) is 11.0. The van der Waals surface area contributed by atoms with Crippen LogP contribution in [0.4, 0.5) is 0 Å². The fraction of sp³-hybridized carbons (Fsp3) is 0.688. The van der Waals surface area contributed by atoms with Crippen molar-refractivity contribution in [3.8, 4) is 0 Å². The van der Waals surface area contributed by atoms with E-state index in [1.165, 1.54) is 44.2 Å². The number of quaternary nitrogens is 1. The first kappa shape index (κ1) is 11.0. The van der Waals surface area contributed by atoms with E-state index >= 15 is 0 Å². The van der Waals surface area contributed by atoms with Crippen LogP contribution in [-0.2, 0) is 6.54 Å². The Morgan fingerprint density at radius 1 is 1.06 bits per heavy atom. The summed E-state index contributed by atoms with van der Waals surface area (Å²) in [6, 6.07) is 6.28. The molecule has 0 spiro atoms. The fourth-order valence-electron chi connectivity index (χ4n) is 5.27. The SMILES string of the molecule is c1ccc(C[NH2+]C23CC4CC(CC(C4)C2)C3)nc1. The monoisotopic (exact) mass is 243 g/mol. The average molecular weight is 243 g/mol. The molecule has 4 aliphatic carbocycles. The van der Waals surface area contributed by atoms with Gasteiger partial charge >= 0.3 is 0 Å². The highest BCUT2D eigenvalue weighted by Gasteiger charge is 2.53. The van der Waals surface area contributed by atoms with Crippen molar-refractivity contribution in [2.24, 2.45) is 17.8 Å². The minimum Gasteiger partial charge on any atom is -0.336 e. The normalized spacial score (nSPS) is 41.2. The number of nitrogens with two attached hydrogens (primary N) is 1. The van der Waals surface area contributed by atoms with E-state index in [9.17, 15) is 0 Å². The van der Waals surface area contributed by atoms with Crippen LogP contribution in [0.2, 0.25) is 0 Å². The van der Waals surface area contributed by atoms with Gasteiger partial charge in [0.1, 0.15) is 6.54 Å². The van der Waals surface area contributed by atoms with Gasteiger partial charge in [-0.1, -0.05) is 6.07 Å². The molecule has 2 nitrogen and oxygen atoms in total. The van der Waals surface area contributed by atoms with Crippen LogP contribution < -0.4 is 5.32 Å². The van der Waals surface area contributed by atoms with Gasteiger partial charge in [0.05, 0.1) is 11.2 Å². The van der Waals surface area contributed by atoms with E-state index in [0.717, 1.165) is 24.3 Å². The second kappa shape index (κ2) is 4.06. The van der Waals surface area contributed by atoms with Gasteiger partial charge < -0.3 is 5.32 Å². The summed E-state index contributed by atoms with van der Waals surface area (Å²) in [4.78, 5) is 4.46. The van der Waals surface area contributed by atoms with Crippen LogP contribution in [-0.4, -0.2) is 10.5 Å². The zero-order valence-corrected chi connectivity index (χ0v) is 11.0. The molecule has 0 saturated heterocycles. The maximum absolute atomic E-state index is 4.46. The Morgan fingerprint density at radius 2 is 1.72 bits per heavy atom. The number of rotatable bonds is 3. The number of hydrogen-bond donors (Lipinski definition) is 1. The third-order valence-corrected chi connectivity index (χ3v) is 5.56. The standard InChI is InChI=1S/C16H22N2/c1-2-4-17-15(3-1)11-18-16-8-12-5-13(9-16)7-14(6-12)10-16/h1-4,12-14,18H,5-11H2/p+1. The van der Waals surface area contributed by atoms with Gasteiger partial charge in [-0.2, -0.15) is 0 Å². The maximum Gasteiger partial charge on any atom is 0.119 e. The molecule has 0 unspecified atom stereocenters. The Labute approximate surface area is 109 Å². The summed E-state index contributed by atoms with van der Waals surface area (Å²) < 4.78 is 0. The minimum absolute atomic E-state index is 0.590. The van der Waals surface area contributed by atoms with E-state index in [0.29, 0.717) is 5.54 Å². The second-order valence-corrected chi connectivity index (χ2v) is 7.01. The quantitative estimate of drug-likeness (QED) is 0.865. The van der Waals surface area contributed by atoms with E-state index in [4.69, 9.17) is 0 Å². The molecule has 0 amide bonds. The molecule has 1 heterocycles. The Hall–Kier alpha value is -0.890. The molecule has 96 valence electrons. The van der Waals surface area contributed by atoms with Gasteiger partial charge in [-0.3, -0.25) is 4.98 Å². The third kappa shape index (κ3) is 1.87. The first-order valence-corrected chi connectivity index (χ1v) is 7.56. The van der Waals surface area contributed by atoms with Gasteiger partial charge in [0.2, 0.25) is 0 Å². The lowest BCUT2D eigenvalue weighted by molar-refractivity contribution is -0.753. The van der Waals surface area contributed by atoms with Crippen molar-refractivity contribution in [2.45, 2.75) is 50.6 Å². The Balaban J connectivity index is 1.48. The van der Waals surface area contributed by atoms with Gasteiger partial charge in [0.15, 0.2) is 0 Å². The van der Waals surface area contributed by atoms with Crippen LogP contribution in [0.3, 0.4) is 0 Å². The largest absolute Gasteiger partial charge is 0.336 e. The van der Waals surface area contributed by atoms with Crippen molar-refractivity contribution < 1.29 is 5.32 Å². The van der Waals surface area contributed by atoms with Gasteiger partial charge in [-0.15, -0.1) is 0 Å². The Kier molecular flexibility index (Phi) is 2.47. The van der Waals surface area contributed by atoms with Gasteiger partial charge in [0.25, 0.3) is 0 Å². The summed E-state index contributed by atoms with van der Waals surface area (Å²) in [6.45, 7) is 1.08. The predicted molar refractivity (Wildman–Crippen MR) is 70.8 cm³/mol. The topological polar surface area (TPSA) is 29.5 Å². The highest BCUT2D eigenvalue weighted by Crippen LogP contribution is 2.54. The molecule has 5 rings (SSSR count). The summed E-state index contributed by atoms with van der Waals surface area (Å²) in [7, 11) is 0. The van der Waals surface area contributed by atoms with Gasteiger partial charge in [0, 0.05) is 25.5 Å². The molecule has 18 heavy (non-hydrogen) atoms. The summed E-state index contributed by atoms with van der Waals surface area (Å²) in [5.41, 5.74) is 1.83. The number of pyridine rings is 1. The van der Waals surface area contributed by atoms with Crippen LogP contribution in [0, 0.1) is 17.8 Å². The van der Waals surface area contributed by atoms with Crippen LogP contribution >= 0.6 is 0 Å². The van der Waals surface area contributed by atoms with Crippen molar-refractivity contribution in [3.63, 3.8) is 0 Å². The molecule has 4 fully saturated rings. The van der Waals surface area contributed by atoms with Crippen molar-refractivity contribution in [1.29, 1.82) is 0 Å². The number of aromatic nitrogens is 1. The van der Waals surface area contributed by atoms with Crippen LogP contribution in [0.25, 0.3) is 0 Å². The molecular formula is C16H23N2+. The zero-order valence-electron chi connectivity index (χ0n) is 11.0. The van der Waals surface area contributed by atoms with Crippen LogP contribution in [0.1, 0.15) is 44.2 Å². The minimum atomic E-state index is 0.590. The van der Waals surface area contributed by atoms with E-state index in [1.54, 1.807) is 0 Å². The molecule has 0 aliphatic heterocycles. The van der Waals surface area contributed by atoms with Crippen LogP contribution in [0.5, 0.6) is 0 Å². The molecule has 0 radical (unpaired) electrons. The molecule has 2 N–H and O–H groups in total.